The topological polar surface area (TPSA) is 80.1 Å². The van der Waals surface area contributed by atoms with Crippen LogP contribution in [0.15, 0.2) is 53.7 Å². The lowest BCUT2D eigenvalue weighted by Gasteiger charge is -2.16. The molecule has 1 aromatic heterocycles. The molecule has 0 radical (unpaired) electrons. The highest BCUT2D eigenvalue weighted by atomic mass is 32.2. The van der Waals surface area contributed by atoms with Gasteiger partial charge in [-0.3, -0.25) is 9.59 Å². The van der Waals surface area contributed by atoms with E-state index in [4.69, 9.17) is 0 Å². The number of rotatable bonds is 7. The maximum Gasteiger partial charge on any atom is 0.243 e. The van der Waals surface area contributed by atoms with Crippen LogP contribution in [0.3, 0.4) is 0 Å². The van der Waals surface area contributed by atoms with E-state index in [9.17, 15) is 14.0 Å². The van der Waals surface area contributed by atoms with Crippen LogP contribution in [0.25, 0.3) is 11.4 Å². The lowest BCUT2D eigenvalue weighted by molar-refractivity contribution is -0.131. The molecule has 2 aromatic carbocycles. The van der Waals surface area contributed by atoms with E-state index in [0.29, 0.717) is 22.2 Å². The highest BCUT2D eigenvalue weighted by Gasteiger charge is 2.18. The van der Waals surface area contributed by atoms with Gasteiger partial charge in [0.05, 0.1) is 17.9 Å². The first kappa shape index (κ1) is 21.5. The van der Waals surface area contributed by atoms with E-state index in [-0.39, 0.29) is 29.9 Å². The first-order valence-electron chi connectivity index (χ1n) is 9.22. The Morgan fingerprint density at radius 2 is 1.83 bits per heavy atom. The summed E-state index contributed by atoms with van der Waals surface area (Å²) < 4.78 is 15.6. The molecule has 0 fully saturated rings. The summed E-state index contributed by atoms with van der Waals surface area (Å²) in [4.78, 5) is 25.9. The van der Waals surface area contributed by atoms with Gasteiger partial charge in [-0.05, 0) is 31.2 Å². The van der Waals surface area contributed by atoms with Crippen LogP contribution in [0.4, 0.5) is 10.1 Å². The zero-order chi connectivity index (χ0) is 21.7. The van der Waals surface area contributed by atoms with E-state index < -0.39 is 0 Å². The quantitative estimate of drug-likeness (QED) is 0.586. The Labute approximate surface area is 178 Å². The number of anilines is 1. The highest BCUT2D eigenvalue weighted by Crippen LogP contribution is 2.24. The van der Waals surface area contributed by atoms with Crippen molar-refractivity contribution in [2.45, 2.75) is 12.1 Å². The first-order chi connectivity index (χ1) is 14.3. The van der Waals surface area contributed by atoms with Gasteiger partial charge in [0.15, 0.2) is 11.0 Å². The van der Waals surface area contributed by atoms with Gasteiger partial charge < -0.3 is 14.8 Å². The number of amides is 2. The second-order valence-corrected chi connectivity index (χ2v) is 7.74. The van der Waals surface area contributed by atoms with E-state index in [1.807, 2.05) is 31.2 Å². The summed E-state index contributed by atoms with van der Waals surface area (Å²) in [5.41, 5.74) is 2.12. The van der Waals surface area contributed by atoms with E-state index in [1.165, 1.54) is 22.7 Å². The number of aromatic nitrogens is 3. The lowest BCUT2D eigenvalue weighted by Crippen LogP contribution is -2.36. The van der Waals surface area contributed by atoms with Crippen molar-refractivity contribution in [2.75, 3.05) is 24.7 Å². The molecule has 0 saturated carbocycles. The van der Waals surface area contributed by atoms with Crippen LogP contribution in [0.2, 0.25) is 0 Å². The van der Waals surface area contributed by atoms with Gasteiger partial charge in [0.25, 0.3) is 0 Å². The fourth-order valence-corrected chi connectivity index (χ4v) is 3.55. The van der Waals surface area contributed by atoms with Crippen molar-refractivity contribution in [1.82, 2.24) is 19.7 Å². The number of thioether (sulfide) groups is 1. The molecule has 0 aliphatic heterocycles. The smallest absolute Gasteiger partial charge is 0.243 e. The second-order valence-electron chi connectivity index (χ2n) is 6.80. The molecule has 0 aliphatic carbocycles. The molecular weight excluding hydrogens is 405 g/mol. The number of aryl methyl sites for hydroxylation is 1. The zero-order valence-electron chi connectivity index (χ0n) is 16.9. The fraction of sp³-hybridized carbons (Fsp3) is 0.238. The summed E-state index contributed by atoms with van der Waals surface area (Å²) in [6.07, 6.45) is 0. The highest BCUT2D eigenvalue weighted by molar-refractivity contribution is 7.99. The van der Waals surface area contributed by atoms with E-state index >= 15 is 0 Å². The molecular formula is C21H22FN5O2S. The molecule has 0 unspecified atom stereocenters. The molecule has 1 heterocycles. The summed E-state index contributed by atoms with van der Waals surface area (Å²) in [7, 11) is 3.28. The van der Waals surface area contributed by atoms with E-state index in [1.54, 1.807) is 36.9 Å². The fourth-order valence-electron chi connectivity index (χ4n) is 2.70. The Morgan fingerprint density at radius 3 is 2.53 bits per heavy atom. The molecule has 3 aromatic rings. The number of nitrogens with one attached hydrogen (secondary N) is 1. The average Bonchev–Trinajstić information content (AvgIpc) is 3.08. The van der Waals surface area contributed by atoms with Crippen molar-refractivity contribution in [2.24, 2.45) is 7.05 Å². The molecule has 2 amide bonds. The van der Waals surface area contributed by atoms with Crippen LogP contribution in [-0.2, 0) is 16.6 Å². The van der Waals surface area contributed by atoms with Crippen LogP contribution < -0.4 is 5.32 Å². The van der Waals surface area contributed by atoms with Gasteiger partial charge in [-0.1, -0.05) is 41.6 Å². The minimum atomic E-state index is -0.389. The molecule has 0 bridgehead atoms. The van der Waals surface area contributed by atoms with Gasteiger partial charge in [0.1, 0.15) is 5.82 Å². The van der Waals surface area contributed by atoms with Gasteiger partial charge in [-0.2, -0.15) is 0 Å². The lowest BCUT2D eigenvalue weighted by atomic mass is 10.2. The molecule has 9 heteroatoms. The number of benzene rings is 2. The summed E-state index contributed by atoms with van der Waals surface area (Å²) in [5, 5.41) is 11.3. The number of hydrogen-bond donors (Lipinski definition) is 1. The molecule has 30 heavy (non-hydrogen) atoms. The third-order valence-electron chi connectivity index (χ3n) is 4.42. The van der Waals surface area contributed by atoms with Gasteiger partial charge in [-0.15, -0.1) is 10.2 Å². The van der Waals surface area contributed by atoms with Crippen molar-refractivity contribution in [3.8, 4) is 11.4 Å². The average molecular weight is 428 g/mol. The Bertz CT molecular complexity index is 1050. The third-order valence-corrected chi connectivity index (χ3v) is 5.42. The Hall–Kier alpha value is -3.20. The molecule has 0 atom stereocenters. The zero-order valence-corrected chi connectivity index (χ0v) is 17.7. The molecule has 1 N–H and O–H groups in total. The second kappa shape index (κ2) is 9.53. The minimum Gasteiger partial charge on any atom is -0.336 e. The van der Waals surface area contributed by atoms with Crippen LogP contribution in [0.5, 0.6) is 0 Å². The van der Waals surface area contributed by atoms with E-state index in [2.05, 4.69) is 15.5 Å². The molecule has 0 aliphatic rings. The van der Waals surface area contributed by atoms with Gasteiger partial charge in [0, 0.05) is 19.8 Å². The van der Waals surface area contributed by atoms with Crippen LogP contribution >= 0.6 is 11.8 Å². The van der Waals surface area contributed by atoms with Crippen molar-refractivity contribution < 1.29 is 14.0 Å². The molecule has 0 saturated heterocycles. The molecule has 156 valence electrons. The number of nitrogens with zero attached hydrogens (tertiary/aromatic N) is 4. The number of likely N-dealkylation sites (N-methyl/N-ethyl adjacent to an activating group) is 1. The van der Waals surface area contributed by atoms with Crippen LogP contribution in [0, 0.1) is 12.7 Å². The summed E-state index contributed by atoms with van der Waals surface area (Å²) in [6.45, 7) is 1.90. The number of carbonyl (C=O) groups excluding carboxylic acids is 2. The summed E-state index contributed by atoms with van der Waals surface area (Å²) in [5.74, 6) is -0.430. The van der Waals surface area contributed by atoms with Gasteiger partial charge >= 0.3 is 0 Å². The SMILES string of the molecule is Cc1ccc(NC(=O)CN(C)C(=O)CSc2nnc(-c3ccccc3F)n2C)cc1. The van der Waals surface area contributed by atoms with Crippen LogP contribution in [-0.4, -0.2) is 50.8 Å². The maximum absolute atomic E-state index is 14.0. The largest absolute Gasteiger partial charge is 0.336 e. The van der Waals surface area contributed by atoms with Crippen molar-refractivity contribution in [1.29, 1.82) is 0 Å². The van der Waals surface area contributed by atoms with Gasteiger partial charge in [0.2, 0.25) is 11.8 Å². The maximum atomic E-state index is 14.0. The van der Waals surface area contributed by atoms with Crippen LogP contribution in [0.1, 0.15) is 5.56 Å². The van der Waals surface area contributed by atoms with Crippen molar-refractivity contribution >= 4 is 29.3 Å². The molecule has 0 spiro atoms. The Kier molecular flexibility index (Phi) is 6.83. The number of hydrogen-bond acceptors (Lipinski definition) is 5. The molecule has 7 nitrogen and oxygen atoms in total. The van der Waals surface area contributed by atoms with Crippen molar-refractivity contribution in [3.05, 3.63) is 59.9 Å². The van der Waals surface area contributed by atoms with Crippen molar-refractivity contribution in [3.63, 3.8) is 0 Å². The minimum absolute atomic E-state index is 0.0629. The molecule has 3 rings (SSSR count). The predicted molar refractivity (Wildman–Crippen MR) is 115 cm³/mol. The summed E-state index contributed by atoms with van der Waals surface area (Å²) >= 11 is 1.18. The van der Waals surface area contributed by atoms with Gasteiger partial charge in [-0.25, -0.2) is 4.39 Å². The normalized spacial score (nSPS) is 10.7. The number of carbonyl (C=O) groups is 2. The monoisotopic (exact) mass is 427 g/mol. The Balaban J connectivity index is 1.54. The summed E-state index contributed by atoms with van der Waals surface area (Å²) in [6, 6.07) is 13.7. The number of halogens is 1. The predicted octanol–water partition coefficient (Wildman–Crippen LogP) is 3.12. The Morgan fingerprint density at radius 1 is 1.13 bits per heavy atom. The van der Waals surface area contributed by atoms with E-state index in [0.717, 1.165) is 5.56 Å². The standard InChI is InChI=1S/C21H22FN5O2S/c1-14-8-10-15(11-9-14)23-18(28)12-26(2)19(29)13-30-21-25-24-20(27(21)3)16-6-4-5-7-17(16)22/h4-11H,12-13H2,1-3H3,(H,23,28). The first-order valence-corrected chi connectivity index (χ1v) is 10.2. The third kappa shape index (κ3) is 5.24.